The highest BCUT2D eigenvalue weighted by atomic mass is 32.1. The zero-order valence-electron chi connectivity index (χ0n) is 20.7. The molecule has 2 N–H and O–H groups in total. The molecule has 0 amide bonds. The molecule has 0 spiro atoms. The number of anilines is 2. The second-order valence-corrected chi connectivity index (χ2v) is 10.8. The van der Waals surface area contributed by atoms with Gasteiger partial charge in [0.05, 0.1) is 0 Å². The summed E-state index contributed by atoms with van der Waals surface area (Å²) in [6.07, 6.45) is 1.50. The van der Waals surface area contributed by atoms with Gasteiger partial charge in [-0.2, -0.15) is 18.2 Å². The van der Waals surface area contributed by atoms with Crippen molar-refractivity contribution in [3.8, 4) is 0 Å². The maximum atomic E-state index is 13.7. The van der Waals surface area contributed by atoms with E-state index in [0.29, 0.717) is 31.5 Å². The quantitative estimate of drug-likeness (QED) is 0.354. The van der Waals surface area contributed by atoms with Crippen LogP contribution in [0.15, 0.2) is 30.3 Å². The maximum absolute atomic E-state index is 13.7. The predicted molar refractivity (Wildman–Crippen MR) is 138 cm³/mol. The fraction of sp³-hybridized carbons (Fsp3) is 0.577. The second kappa shape index (κ2) is 10.9. The molecule has 2 aliphatic rings. The van der Waals surface area contributed by atoms with Crippen molar-refractivity contribution in [2.24, 2.45) is 11.8 Å². The van der Waals surface area contributed by atoms with Crippen LogP contribution in [0, 0.1) is 17.7 Å². The van der Waals surface area contributed by atoms with Crippen molar-refractivity contribution in [2.45, 2.75) is 64.0 Å². The minimum absolute atomic E-state index is 0.160. The Labute approximate surface area is 215 Å². The summed E-state index contributed by atoms with van der Waals surface area (Å²) < 4.78 is 54.5. The molecule has 1 aliphatic carbocycles. The molecule has 1 aromatic heterocycles. The van der Waals surface area contributed by atoms with Crippen LogP contribution in [-0.2, 0) is 11.6 Å². The van der Waals surface area contributed by atoms with Crippen molar-refractivity contribution in [3.63, 3.8) is 0 Å². The van der Waals surface area contributed by atoms with Gasteiger partial charge >= 0.3 is 6.18 Å². The number of piperidine rings is 1. The Morgan fingerprint density at radius 2 is 1.69 bits per heavy atom. The van der Waals surface area contributed by atoms with Crippen molar-refractivity contribution in [2.75, 3.05) is 29.9 Å². The summed E-state index contributed by atoms with van der Waals surface area (Å²) in [4.78, 5) is 10.0. The topological polar surface area (TPSA) is 53.1 Å². The summed E-state index contributed by atoms with van der Waals surface area (Å²) in [5, 5.41) is 6.12. The van der Waals surface area contributed by atoms with Crippen molar-refractivity contribution < 1.29 is 17.6 Å². The molecule has 1 saturated heterocycles. The van der Waals surface area contributed by atoms with Gasteiger partial charge in [-0.3, -0.25) is 0 Å². The molecule has 10 heteroatoms. The molecule has 0 bridgehead atoms. The molecule has 196 valence electrons. The number of halogens is 4. The molecular weight excluding hydrogens is 490 g/mol. The molecule has 5 nitrogen and oxygen atoms in total. The standard InChI is InChI=1S/C26H33F4N5S/c1-17-12-18(2)15-35(14-17)22-13-21(26(28,29)30)32-23(33-22)34-24(36)31-16-25(10-4-3-5-11-25)19-6-8-20(27)9-7-19/h6-9,13,17-18H,3-5,10-12,14-16H2,1-2H3,(H2,31,32,33,34,36)/t17-,18-/m1/s1. The lowest BCUT2D eigenvalue weighted by molar-refractivity contribution is -0.141. The Balaban J connectivity index is 1.51. The molecule has 0 unspecified atom stereocenters. The number of aromatic nitrogens is 2. The monoisotopic (exact) mass is 523 g/mol. The molecular formula is C26H33F4N5S. The molecule has 36 heavy (non-hydrogen) atoms. The Morgan fingerprint density at radius 3 is 2.31 bits per heavy atom. The zero-order chi connectivity index (χ0) is 25.9. The summed E-state index contributed by atoms with van der Waals surface area (Å²) in [5.74, 6) is 0.495. The van der Waals surface area contributed by atoms with Crippen LogP contribution in [0.2, 0.25) is 0 Å². The van der Waals surface area contributed by atoms with Gasteiger partial charge in [0.25, 0.3) is 0 Å². The highest BCUT2D eigenvalue weighted by molar-refractivity contribution is 7.80. The first kappa shape index (κ1) is 26.6. The van der Waals surface area contributed by atoms with Crippen LogP contribution < -0.4 is 15.5 Å². The van der Waals surface area contributed by atoms with Gasteiger partial charge in [0.2, 0.25) is 5.95 Å². The van der Waals surface area contributed by atoms with E-state index in [-0.39, 0.29) is 28.1 Å². The van der Waals surface area contributed by atoms with Gasteiger partial charge in [0.15, 0.2) is 10.8 Å². The third-order valence-electron chi connectivity index (χ3n) is 7.28. The van der Waals surface area contributed by atoms with Crippen molar-refractivity contribution in [3.05, 3.63) is 47.4 Å². The molecule has 1 aromatic carbocycles. The highest BCUT2D eigenvalue weighted by Crippen LogP contribution is 2.39. The molecule has 4 rings (SSSR count). The number of hydrogen-bond donors (Lipinski definition) is 2. The van der Waals surface area contributed by atoms with Gasteiger partial charge in [-0.05, 0) is 61.0 Å². The second-order valence-electron chi connectivity index (χ2n) is 10.4. The van der Waals surface area contributed by atoms with E-state index in [1.807, 2.05) is 17.0 Å². The number of thiocarbonyl (C=S) groups is 1. The van der Waals surface area contributed by atoms with Gasteiger partial charge in [-0.15, -0.1) is 0 Å². The first-order chi connectivity index (χ1) is 17.0. The first-order valence-corrected chi connectivity index (χ1v) is 13.0. The van der Waals surface area contributed by atoms with Crippen LogP contribution in [0.5, 0.6) is 0 Å². The summed E-state index contributed by atoms with van der Waals surface area (Å²) in [6, 6.07) is 7.55. The Morgan fingerprint density at radius 1 is 1.06 bits per heavy atom. The smallest absolute Gasteiger partial charge is 0.361 e. The maximum Gasteiger partial charge on any atom is 0.433 e. The third-order valence-corrected chi connectivity index (χ3v) is 7.52. The fourth-order valence-electron chi connectivity index (χ4n) is 5.64. The zero-order valence-corrected chi connectivity index (χ0v) is 21.5. The van der Waals surface area contributed by atoms with Gasteiger partial charge in [0, 0.05) is 31.1 Å². The average molecular weight is 524 g/mol. The Bertz CT molecular complexity index is 1040. The molecule has 2 fully saturated rings. The lowest BCUT2D eigenvalue weighted by Crippen LogP contribution is -2.44. The van der Waals surface area contributed by atoms with E-state index in [0.717, 1.165) is 50.2 Å². The molecule has 2 atom stereocenters. The molecule has 0 radical (unpaired) electrons. The fourth-order valence-corrected chi connectivity index (χ4v) is 5.81. The van der Waals surface area contributed by atoms with E-state index in [1.165, 1.54) is 12.1 Å². The highest BCUT2D eigenvalue weighted by Gasteiger charge is 2.36. The summed E-state index contributed by atoms with van der Waals surface area (Å²) in [5.41, 5.74) is -0.194. The van der Waals surface area contributed by atoms with Gasteiger partial charge in [-0.25, -0.2) is 9.37 Å². The average Bonchev–Trinajstić information content (AvgIpc) is 2.82. The first-order valence-electron chi connectivity index (χ1n) is 12.6. The molecule has 1 aliphatic heterocycles. The van der Waals surface area contributed by atoms with E-state index in [9.17, 15) is 17.6 Å². The van der Waals surface area contributed by atoms with E-state index in [2.05, 4.69) is 34.4 Å². The minimum atomic E-state index is -4.61. The summed E-state index contributed by atoms with van der Waals surface area (Å²) in [7, 11) is 0. The van der Waals surface area contributed by atoms with Crippen LogP contribution in [0.4, 0.5) is 29.3 Å². The summed E-state index contributed by atoms with van der Waals surface area (Å²) in [6.45, 7) is 5.95. The minimum Gasteiger partial charge on any atom is -0.361 e. The van der Waals surface area contributed by atoms with Crippen LogP contribution in [0.3, 0.4) is 0 Å². The Kier molecular flexibility index (Phi) is 8.02. The van der Waals surface area contributed by atoms with Gasteiger partial charge < -0.3 is 15.5 Å². The van der Waals surface area contributed by atoms with Gasteiger partial charge in [-0.1, -0.05) is 45.2 Å². The normalized spacial score (nSPS) is 22.2. The number of rotatable bonds is 5. The van der Waals surface area contributed by atoms with Crippen molar-refractivity contribution >= 4 is 29.1 Å². The van der Waals surface area contributed by atoms with Crippen LogP contribution in [0.25, 0.3) is 0 Å². The summed E-state index contributed by atoms with van der Waals surface area (Å²) >= 11 is 5.44. The molecule has 2 heterocycles. The predicted octanol–water partition coefficient (Wildman–Crippen LogP) is 6.31. The molecule has 1 saturated carbocycles. The number of alkyl halides is 3. The van der Waals surface area contributed by atoms with Crippen molar-refractivity contribution in [1.82, 2.24) is 15.3 Å². The van der Waals surface area contributed by atoms with E-state index in [1.54, 1.807) is 0 Å². The number of nitrogens with one attached hydrogen (secondary N) is 2. The van der Waals surface area contributed by atoms with Crippen LogP contribution >= 0.6 is 12.2 Å². The lowest BCUT2D eigenvalue weighted by Gasteiger charge is -2.38. The van der Waals surface area contributed by atoms with Crippen LogP contribution in [-0.4, -0.2) is 34.7 Å². The Hall–Kier alpha value is -2.49. The lowest BCUT2D eigenvalue weighted by atomic mass is 9.69. The third kappa shape index (κ3) is 6.44. The van der Waals surface area contributed by atoms with Crippen LogP contribution in [0.1, 0.15) is 63.6 Å². The van der Waals surface area contributed by atoms with Gasteiger partial charge in [0.1, 0.15) is 11.6 Å². The largest absolute Gasteiger partial charge is 0.433 e. The number of benzene rings is 1. The SMILES string of the molecule is C[C@@H]1C[C@@H](C)CN(c2cc(C(F)(F)F)nc(NC(=S)NCC3(c4ccc(F)cc4)CCCCC3)n2)C1. The van der Waals surface area contributed by atoms with E-state index in [4.69, 9.17) is 12.2 Å². The number of hydrogen-bond acceptors (Lipinski definition) is 4. The van der Waals surface area contributed by atoms with E-state index >= 15 is 0 Å². The number of nitrogens with zero attached hydrogens (tertiary/aromatic N) is 3. The molecule has 2 aromatic rings. The van der Waals surface area contributed by atoms with E-state index < -0.39 is 11.9 Å². The van der Waals surface area contributed by atoms with Crippen molar-refractivity contribution in [1.29, 1.82) is 0 Å².